The number of rotatable bonds is 3. The van der Waals surface area contributed by atoms with E-state index in [0.717, 1.165) is 5.56 Å². The first-order valence-corrected chi connectivity index (χ1v) is 5.71. The number of halogens is 1. The second-order valence-corrected chi connectivity index (χ2v) is 4.19. The Hall–Kier alpha value is -2.25. The average Bonchev–Trinajstić information content (AvgIpc) is 2.39. The molecular formula is C13H11ClN4. The first-order valence-electron chi connectivity index (χ1n) is 5.33. The number of nitrogen functional groups attached to an aromatic ring is 1. The fraction of sp³-hybridized carbons (Fsp3) is 0.0769. The lowest BCUT2D eigenvalue weighted by molar-refractivity contribution is 1.11. The summed E-state index contributed by atoms with van der Waals surface area (Å²) in [7, 11) is 0. The largest absolute Gasteiger partial charge is 0.397 e. The van der Waals surface area contributed by atoms with Crippen molar-refractivity contribution in [2.75, 3.05) is 11.1 Å². The highest BCUT2D eigenvalue weighted by Gasteiger charge is 2.03. The van der Waals surface area contributed by atoms with Crippen LogP contribution < -0.4 is 11.1 Å². The molecule has 5 heteroatoms. The molecule has 1 heterocycles. The van der Waals surface area contributed by atoms with E-state index in [-0.39, 0.29) is 0 Å². The van der Waals surface area contributed by atoms with Crippen molar-refractivity contribution in [1.29, 1.82) is 5.26 Å². The van der Waals surface area contributed by atoms with Gasteiger partial charge in [0.05, 0.1) is 17.4 Å². The molecule has 0 fully saturated rings. The number of benzene rings is 1. The Kier molecular flexibility index (Phi) is 3.66. The molecule has 0 aliphatic heterocycles. The Bertz CT molecular complexity index is 587. The van der Waals surface area contributed by atoms with Gasteiger partial charge >= 0.3 is 0 Å². The van der Waals surface area contributed by atoms with Crippen LogP contribution in [0.5, 0.6) is 0 Å². The van der Waals surface area contributed by atoms with E-state index in [0.29, 0.717) is 28.6 Å². The number of nitrogens with one attached hydrogen (secondary N) is 1. The zero-order chi connectivity index (χ0) is 13.0. The van der Waals surface area contributed by atoms with Crippen molar-refractivity contribution in [2.24, 2.45) is 0 Å². The van der Waals surface area contributed by atoms with E-state index in [1.807, 2.05) is 24.3 Å². The first-order chi connectivity index (χ1) is 8.69. The van der Waals surface area contributed by atoms with Crippen molar-refractivity contribution in [2.45, 2.75) is 6.54 Å². The molecule has 2 rings (SSSR count). The number of hydrogen-bond donors (Lipinski definition) is 2. The number of anilines is 2. The maximum atomic E-state index is 8.97. The third-order valence-electron chi connectivity index (χ3n) is 2.40. The summed E-state index contributed by atoms with van der Waals surface area (Å²) >= 11 is 5.80. The summed E-state index contributed by atoms with van der Waals surface area (Å²) in [6, 6.07) is 11.1. The molecule has 0 radical (unpaired) electrons. The highest BCUT2D eigenvalue weighted by atomic mass is 35.5. The average molecular weight is 259 g/mol. The van der Waals surface area contributed by atoms with Gasteiger partial charge in [-0.15, -0.1) is 0 Å². The van der Waals surface area contributed by atoms with E-state index in [4.69, 9.17) is 22.6 Å². The fourth-order valence-electron chi connectivity index (χ4n) is 1.50. The predicted molar refractivity (Wildman–Crippen MR) is 72.1 cm³/mol. The predicted octanol–water partition coefficient (Wildman–Crippen LogP) is 2.80. The Morgan fingerprint density at radius 3 is 2.72 bits per heavy atom. The minimum atomic E-state index is 0.434. The van der Waals surface area contributed by atoms with Crippen molar-refractivity contribution >= 4 is 23.1 Å². The molecule has 0 amide bonds. The molecule has 3 N–H and O–H groups in total. The summed E-state index contributed by atoms with van der Waals surface area (Å²) in [6.45, 7) is 0.572. The van der Waals surface area contributed by atoms with Crippen molar-refractivity contribution in [3.05, 3.63) is 52.7 Å². The summed E-state index contributed by atoms with van der Waals surface area (Å²) in [6.07, 6.45) is 1.52. The molecule has 0 bridgehead atoms. The van der Waals surface area contributed by atoms with Crippen LogP contribution in [0.4, 0.5) is 11.5 Å². The van der Waals surface area contributed by atoms with Gasteiger partial charge in [-0.3, -0.25) is 0 Å². The van der Waals surface area contributed by atoms with E-state index in [1.165, 1.54) is 6.20 Å². The van der Waals surface area contributed by atoms with Crippen LogP contribution >= 0.6 is 11.6 Å². The molecule has 1 aromatic carbocycles. The number of nitriles is 1. The van der Waals surface area contributed by atoms with Crippen molar-refractivity contribution in [1.82, 2.24) is 4.98 Å². The van der Waals surface area contributed by atoms with E-state index in [9.17, 15) is 0 Å². The normalized spacial score (nSPS) is 9.78. The standard InChI is InChI=1S/C13H11ClN4/c14-11-3-1-9(2-4-11)7-17-13-10(6-15)5-12(16)8-18-13/h1-5,8H,7,16H2,(H,17,18). The zero-order valence-corrected chi connectivity index (χ0v) is 10.3. The third kappa shape index (κ3) is 2.90. The third-order valence-corrected chi connectivity index (χ3v) is 2.65. The molecule has 0 saturated carbocycles. The fourth-order valence-corrected chi connectivity index (χ4v) is 1.62. The van der Waals surface area contributed by atoms with Crippen LogP contribution in [0, 0.1) is 11.3 Å². The molecule has 0 aliphatic carbocycles. The van der Waals surface area contributed by atoms with Gasteiger partial charge in [0.2, 0.25) is 0 Å². The van der Waals surface area contributed by atoms with Gasteiger partial charge in [-0.2, -0.15) is 5.26 Å². The summed E-state index contributed by atoms with van der Waals surface area (Å²) in [5.41, 5.74) is 7.54. The summed E-state index contributed by atoms with van der Waals surface area (Å²) < 4.78 is 0. The second kappa shape index (κ2) is 5.39. The lowest BCUT2D eigenvalue weighted by Gasteiger charge is -2.07. The minimum Gasteiger partial charge on any atom is -0.397 e. The van der Waals surface area contributed by atoms with Gasteiger partial charge in [0.1, 0.15) is 11.9 Å². The maximum Gasteiger partial charge on any atom is 0.144 e. The van der Waals surface area contributed by atoms with Gasteiger partial charge in [-0.1, -0.05) is 23.7 Å². The van der Waals surface area contributed by atoms with Crippen LogP contribution in [-0.2, 0) is 6.54 Å². The smallest absolute Gasteiger partial charge is 0.144 e. The molecule has 4 nitrogen and oxygen atoms in total. The molecule has 18 heavy (non-hydrogen) atoms. The van der Waals surface area contributed by atoms with Gasteiger partial charge in [0, 0.05) is 11.6 Å². The van der Waals surface area contributed by atoms with Gasteiger partial charge in [0.25, 0.3) is 0 Å². The van der Waals surface area contributed by atoms with Gasteiger partial charge in [0.15, 0.2) is 0 Å². The number of nitrogens with zero attached hydrogens (tertiary/aromatic N) is 2. The van der Waals surface area contributed by atoms with E-state index < -0.39 is 0 Å². The first kappa shape index (κ1) is 12.2. The van der Waals surface area contributed by atoms with Crippen LogP contribution in [0.15, 0.2) is 36.5 Å². The Morgan fingerprint density at radius 2 is 2.06 bits per heavy atom. The Balaban J connectivity index is 2.11. The van der Waals surface area contributed by atoms with Crippen LogP contribution in [-0.4, -0.2) is 4.98 Å². The van der Waals surface area contributed by atoms with Crippen LogP contribution in [0.25, 0.3) is 0 Å². The number of hydrogen-bond acceptors (Lipinski definition) is 4. The molecule has 2 aromatic rings. The van der Waals surface area contributed by atoms with Crippen molar-refractivity contribution in [3.8, 4) is 6.07 Å². The summed E-state index contributed by atoms with van der Waals surface area (Å²) in [5.74, 6) is 0.529. The van der Waals surface area contributed by atoms with E-state index in [1.54, 1.807) is 6.07 Å². The van der Waals surface area contributed by atoms with Crippen LogP contribution in [0.3, 0.4) is 0 Å². The van der Waals surface area contributed by atoms with Crippen molar-refractivity contribution in [3.63, 3.8) is 0 Å². The summed E-state index contributed by atoms with van der Waals surface area (Å²) in [5, 5.41) is 12.8. The summed E-state index contributed by atoms with van der Waals surface area (Å²) in [4.78, 5) is 4.10. The molecule has 1 aromatic heterocycles. The Labute approximate surface area is 110 Å². The molecular weight excluding hydrogens is 248 g/mol. The molecule has 0 atom stereocenters. The van der Waals surface area contributed by atoms with Crippen LogP contribution in [0.2, 0.25) is 5.02 Å². The molecule has 0 spiro atoms. The molecule has 0 saturated heterocycles. The topological polar surface area (TPSA) is 74.7 Å². The minimum absolute atomic E-state index is 0.434. The maximum absolute atomic E-state index is 8.97. The molecule has 90 valence electrons. The lowest BCUT2D eigenvalue weighted by atomic mass is 10.2. The zero-order valence-electron chi connectivity index (χ0n) is 9.52. The number of nitrogens with two attached hydrogens (primary N) is 1. The monoisotopic (exact) mass is 258 g/mol. The highest BCUT2D eigenvalue weighted by molar-refractivity contribution is 6.30. The van der Waals surface area contributed by atoms with Crippen LogP contribution in [0.1, 0.15) is 11.1 Å². The number of pyridine rings is 1. The second-order valence-electron chi connectivity index (χ2n) is 3.76. The quantitative estimate of drug-likeness (QED) is 0.888. The Morgan fingerprint density at radius 1 is 1.33 bits per heavy atom. The van der Waals surface area contributed by atoms with Gasteiger partial charge < -0.3 is 11.1 Å². The van der Waals surface area contributed by atoms with Gasteiger partial charge in [-0.25, -0.2) is 4.98 Å². The molecule has 0 unspecified atom stereocenters. The molecule has 0 aliphatic rings. The van der Waals surface area contributed by atoms with E-state index >= 15 is 0 Å². The van der Waals surface area contributed by atoms with Gasteiger partial charge in [-0.05, 0) is 23.8 Å². The highest BCUT2D eigenvalue weighted by Crippen LogP contribution is 2.16. The lowest BCUT2D eigenvalue weighted by Crippen LogP contribution is -2.04. The SMILES string of the molecule is N#Cc1cc(N)cnc1NCc1ccc(Cl)cc1. The van der Waals surface area contributed by atoms with Crippen molar-refractivity contribution < 1.29 is 0 Å². The number of aromatic nitrogens is 1. The van der Waals surface area contributed by atoms with E-state index in [2.05, 4.69) is 16.4 Å².